The molecule has 96 valence electrons. The zero-order valence-corrected chi connectivity index (χ0v) is 13.7. The van der Waals surface area contributed by atoms with E-state index in [1.807, 2.05) is 13.2 Å². The molecule has 0 saturated heterocycles. The molecule has 1 aromatic rings. The van der Waals surface area contributed by atoms with Crippen molar-refractivity contribution in [2.75, 3.05) is 12.8 Å². The highest BCUT2D eigenvalue weighted by Crippen LogP contribution is 2.46. The van der Waals surface area contributed by atoms with Crippen LogP contribution >= 0.6 is 39.0 Å². The van der Waals surface area contributed by atoms with E-state index in [0.29, 0.717) is 11.4 Å². The van der Waals surface area contributed by atoms with Gasteiger partial charge in [-0.15, -0.1) is 11.3 Å². The average molecular weight is 356 g/mol. The maximum Gasteiger partial charge on any atom is 0.241 e. The molecular formula is C10H14BrNO2S3. The Kier molecular flexibility index (Phi) is 3.95. The number of sulfonamides is 1. The molecule has 7 heteroatoms. The number of aryl methyl sites for hydroxylation is 1. The van der Waals surface area contributed by atoms with Gasteiger partial charge in [-0.3, -0.25) is 0 Å². The van der Waals surface area contributed by atoms with Gasteiger partial charge in [0.15, 0.2) is 0 Å². The quantitative estimate of drug-likeness (QED) is 0.882. The molecular weight excluding hydrogens is 342 g/mol. The van der Waals surface area contributed by atoms with Gasteiger partial charge in [0, 0.05) is 16.2 Å². The van der Waals surface area contributed by atoms with Gasteiger partial charge in [0.25, 0.3) is 0 Å². The zero-order valence-electron chi connectivity index (χ0n) is 9.62. The molecule has 1 N–H and O–H groups in total. The standard InChI is InChI=1S/C10H14BrNO2S3/c1-7-8(5-9(11)16-7)17(13,14)12-6-10(15-2)3-4-10/h5,12H,3-4,6H2,1-2H3. The van der Waals surface area contributed by atoms with Crippen molar-refractivity contribution in [3.8, 4) is 0 Å². The monoisotopic (exact) mass is 355 g/mol. The molecule has 1 heterocycles. The molecule has 1 saturated carbocycles. The average Bonchev–Trinajstić information content (AvgIpc) is 2.96. The molecule has 0 radical (unpaired) electrons. The first-order valence-corrected chi connectivity index (χ1v) is 9.51. The van der Waals surface area contributed by atoms with Crippen LogP contribution in [0.3, 0.4) is 0 Å². The second-order valence-electron chi connectivity index (χ2n) is 4.18. The summed E-state index contributed by atoms with van der Waals surface area (Å²) in [6, 6.07) is 1.67. The Labute approximate surface area is 119 Å². The fourth-order valence-electron chi connectivity index (χ4n) is 1.59. The number of hydrogen-bond acceptors (Lipinski definition) is 4. The van der Waals surface area contributed by atoms with Crippen LogP contribution in [0, 0.1) is 6.92 Å². The molecule has 3 nitrogen and oxygen atoms in total. The summed E-state index contributed by atoms with van der Waals surface area (Å²) in [6.45, 7) is 2.36. The second-order valence-corrected chi connectivity index (χ2v) is 9.83. The van der Waals surface area contributed by atoms with E-state index >= 15 is 0 Å². The number of hydrogen-bond donors (Lipinski definition) is 1. The second kappa shape index (κ2) is 4.85. The number of thioether (sulfide) groups is 1. The van der Waals surface area contributed by atoms with Crippen LogP contribution in [-0.2, 0) is 10.0 Å². The van der Waals surface area contributed by atoms with Crippen LogP contribution < -0.4 is 4.72 Å². The van der Waals surface area contributed by atoms with Gasteiger partial charge in [-0.05, 0) is 48.0 Å². The van der Waals surface area contributed by atoms with Crippen molar-refractivity contribution < 1.29 is 8.42 Å². The van der Waals surface area contributed by atoms with E-state index in [1.54, 1.807) is 17.8 Å². The molecule has 0 aromatic carbocycles. The first-order valence-electron chi connectivity index (χ1n) is 5.19. The SMILES string of the molecule is CSC1(CNS(=O)(=O)c2cc(Br)sc2C)CC1. The minimum atomic E-state index is -3.36. The van der Waals surface area contributed by atoms with Crippen molar-refractivity contribution in [1.29, 1.82) is 0 Å². The lowest BCUT2D eigenvalue weighted by molar-refractivity contribution is 0.579. The fraction of sp³-hybridized carbons (Fsp3) is 0.600. The molecule has 17 heavy (non-hydrogen) atoms. The molecule has 1 aliphatic carbocycles. The largest absolute Gasteiger partial charge is 0.241 e. The van der Waals surface area contributed by atoms with E-state index in [-0.39, 0.29) is 4.75 Å². The van der Waals surface area contributed by atoms with Gasteiger partial charge in [0.2, 0.25) is 10.0 Å². The smallest absolute Gasteiger partial charge is 0.210 e. The summed E-state index contributed by atoms with van der Waals surface area (Å²) >= 11 is 6.51. The molecule has 0 amide bonds. The normalized spacial score (nSPS) is 18.3. The van der Waals surface area contributed by atoms with Crippen LogP contribution in [0.2, 0.25) is 0 Å². The molecule has 0 spiro atoms. The molecule has 1 aromatic heterocycles. The van der Waals surface area contributed by atoms with Crippen LogP contribution in [0.1, 0.15) is 17.7 Å². The van der Waals surface area contributed by atoms with Crippen molar-refractivity contribution >= 4 is 49.1 Å². The zero-order chi connectivity index (χ0) is 12.7. The van der Waals surface area contributed by atoms with Crippen molar-refractivity contribution in [2.24, 2.45) is 0 Å². The van der Waals surface area contributed by atoms with Crippen LogP contribution in [0.5, 0.6) is 0 Å². The maximum atomic E-state index is 12.1. The van der Waals surface area contributed by atoms with E-state index in [9.17, 15) is 8.42 Å². The van der Waals surface area contributed by atoms with Gasteiger partial charge >= 0.3 is 0 Å². The third-order valence-corrected chi connectivity index (χ3v) is 7.59. The summed E-state index contributed by atoms with van der Waals surface area (Å²) in [4.78, 5) is 1.21. The summed E-state index contributed by atoms with van der Waals surface area (Å²) in [5.41, 5.74) is 0. The Hall–Kier alpha value is 0.440. The number of thiophene rings is 1. The first-order chi connectivity index (χ1) is 7.88. The first kappa shape index (κ1) is 13.9. The number of rotatable bonds is 5. The van der Waals surface area contributed by atoms with Gasteiger partial charge in [0.1, 0.15) is 0 Å². The predicted molar refractivity (Wildman–Crippen MR) is 77.4 cm³/mol. The highest BCUT2D eigenvalue weighted by Gasteiger charge is 2.42. The summed E-state index contributed by atoms with van der Waals surface area (Å²) in [7, 11) is -3.36. The van der Waals surface area contributed by atoms with E-state index in [0.717, 1.165) is 21.5 Å². The molecule has 1 aliphatic rings. The predicted octanol–water partition coefficient (Wildman–Crippen LogP) is 2.99. The molecule has 0 unspecified atom stereocenters. The minimum absolute atomic E-state index is 0.147. The highest BCUT2D eigenvalue weighted by molar-refractivity contribution is 9.11. The van der Waals surface area contributed by atoms with Gasteiger partial charge in [0.05, 0.1) is 8.68 Å². The van der Waals surface area contributed by atoms with Crippen LogP contribution in [-0.4, -0.2) is 26.0 Å². The maximum absolute atomic E-state index is 12.1. The van der Waals surface area contributed by atoms with Crippen LogP contribution in [0.4, 0.5) is 0 Å². The fourth-order valence-corrected chi connectivity index (χ4v) is 5.95. The van der Waals surface area contributed by atoms with Crippen molar-refractivity contribution in [3.63, 3.8) is 0 Å². The lowest BCUT2D eigenvalue weighted by Crippen LogP contribution is -2.31. The molecule has 1 fully saturated rings. The van der Waals surface area contributed by atoms with Gasteiger partial charge in [-0.25, -0.2) is 13.1 Å². The van der Waals surface area contributed by atoms with E-state index in [2.05, 4.69) is 20.7 Å². The molecule has 2 rings (SSSR count). The van der Waals surface area contributed by atoms with Crippen molar-refractivity contribution in [3.05, 3.63) is 14.7 Å². The third-order valence-electron chi connectivity index (χ3n) is 2.96. The van der Waals surface area contributed by atoms with E-state index in [4.69, 9.17) is 0 Å². The Morgan fingerprint density at radius 3 is 2.65 bits per heavy atom. The van der Waals surface area contributed by atoms with Crippen molar-refractivity contribution in [2.45, 2.75) is 29.4 Å². The van der Waals surface area contributed by atoms with Crippen LogP contribution in [0.15, 0.2) is 14.7 Å². The van der Waals surface area contributed by atoms with Gasteiger partial charge < -0.3 is 0 Å². The van der Waals surface area contributed by atoms with Gasteiger partial charge in [-0.2, -0.15) is 11.8 Å². The highest BCUT2D eigenvalue weighted by atomic mass is 79.9. The Balaban J connectivity index is 2.12. The Morgan fingerprint density at radius 2 is 2.24 bits per heavy atom. The molecule has 0 aliphatic heterocycles. The van der Waals surface area contributed by atoms with E-state index in [1.165, 1.54) is 11.3 Å². The van der Waals surface area contributed by atoms with Crippen molar-refractivity contribution in [1.82, 2.24) is 4.72 Å². The third kappa shape index (κ3) is 3.07. The topological polar surface area (TPSA) is 46.2 Å². The molecule has 0 atom stereocenters. The lowest BCUT2D eigenvalue weighted by atomic mass is 10.4. The number of halogens is 1. The summed E-state index contributed by atoms with van der Waals surface area (Å²) in [6.07, 6.45) is 4.24. The Morgan fingerprint density at radius 1 is 1.59 bits per heavy atom. The van der Waals surface area contributed by atoms with E-state index < -0.39 is 10.0 Å². The Bertz CT molecular complexity index is 520. The lowest BCUT2D eigenvalue weighted by Gasteiger charge is -2.13. The minimum Gasteiger partial charge on any atom is -0.210 e. The number of nitrogens with one attached hydrogen (secondary N) is 1. The molecule has 0 bridgehead atoms. The van der Waals surface area contributed by atoms with Crippen LogP contribution in [0.25, 0.3) is 0 Å². The van der Waals surface area contributed by atoms with Gasteiger partial charge in [-0.1, -0.05) is 0 Å². The summed E-state index contributed by atoms with van der Waals surface area (Å²) < 4.78 is 28.0. The summed E-state index contributed by atoms with van der Waals surface area (Å²) in [5.74, 6) is 0. The summed E-state index contributed by atoms with van der Waals surface area (Å²) in [5, 5.41) is 0.